The summed E-state index contributed by atoms with van der Waals surface area (Å²) in [7, 11) is 0. The van der Waals surface area contributed by atoms with Crippen molar-refractivity contribution in [2.75, 3.05) is 0 Å². The van der Waals surface area contributed by atoms with Gasteiger partial charge in [-0.05, 0) is 61.0 Å². The normalized spacial score (nSPS) is 11.3. The van der Waals surface area contributed by atoms with E-state index in [1.165, 1.54) is 0 Å². The maximum Gasteiger partial charge on any atom is 0.289 e. The van der Waals surface area contributed by atoms with E-state index in [4.69, 9.17) is 16.3 Å². The lowest BCUT2D eigenvalue weighted by Crippen LogP contribution is -2.18. The summed E-state index contributed by atoms with van der Waals surface area (Å²) < 4.78 is 5.82. The number of carbonyl (C=O) groups excluding carboxylic acids is 1. The van der Waals surface area contributed by atoms with Gasteiger partial charge in [-0.2, -0.15) is 10.2 Å². The number of hydrogen-bond acceptors (Lipinski definition) is 4. The Hall–Kier alpha value is -4.36. The van der Waals surface area contributed by atoms with E-state index in [2.05, 4.69) is 25.7 Å². The fourth-order valence-electron chi connectivity index (χ4n) is 3.74. The summed E-state index contributed by atoms with van der Waals surface area (Å²) in [5, 5.41) is 12.9. The van der Waals surface area contributed by atoms with Crippen LogP contribution in [0.3, 0.4) is 0 Å². The quantitative estimate of drug-likeness (QED) is 0.200. The third-order valence-electron chi connectivity index (χ3n) is 5.59. The van der Waals surface area contributed by atoms with Crippen LogP contribution in [0.15, 0.2) is 84.0 Å². The van der Waals surface area contributed by atoms with Crippen LogP contribution in [0.1, 0.15) is 27.3 Å². The number of benzene rings is 3. The Labute approximate surface area is 206 Å². The second kappa shape index (κ2) is 9.87. The van der Waals surface area contributed by atoms with Crippen molar-refractivity contribution in [3.05, 3.63) is 106 Å². The summed E-state index contributed by atoms with van der Waals surface area (Å²) in [5.74, 6) is 0.361. The van der Waals surface area contributed by atoms with Gasteiger partial charge in [-0.1, -0.05) is 41.9 Å². The van der Waals surface area contributed by atoms with E-state index in [-0.39, 0.29) is 5.91 Å². The Kier molecular flexibility index (Phi) is 6.32. The molecule has 0 spiro atoms. The number of aromatic nitrogens is 3. The minimum absolute atomic E-state index is 0.316. The molecule has 0 aliphatic heterocycles. The van der Waals surface area contributed by atoms with Gasteiger partial charge in [-0.15, -0.1) is 0 Å². The summed E-state index contributed by atoms with van der Waals surface area (Å²) in [6, 6.07) is 24.7. The Balaban J connectivity index is 1.20. The second-order valence-corrected chi connectivity index (χ2v) is 8.45. The van der Waals surface area contributed by atoms with Gasteiger partial charge in [0.1, 0.15) is 18.1 Å². The summed E-state index contributed by atoms with van der Waals surface area (Å²) in [6.45, 7) is 2.42. The van der Waals surface area contributed by atoms with Crippen molar-refractivity contribution in [1.29, 1.82) is 0 Å². The van der Waals surface area contributed by atoms with E-state index in [9.17, 15) is 4.79 Å². The molecule has 35 heavy (non-hydrogen) atoms. The highest BCUT2D eigenvalue weighted by molar-refractivity contribution is 6.30. The average Bonchev–Trinajstić information content (AvgIpc) is 3.49. The zero-order chi connectivity index (χ0) is 24.2. The van der Waals surface area contributed by atoms with Crippen LogP contribution in [0, 0.1) is 6.92 Å². The summed E-state index contributed by atoms with van der Waals surface area (Å²) in [6.07, 6.45) is 1.64. The Bertz CT molecular complexity index is 1500. The molecule has 0 atom stereocenters. The highest BCUT2D eigenvalue weighted by Gasteiger charge is 2.11. The van der Waals surface area contributed by atoms with Crippen molar-refractivity contribution in [2.45, 2.75) is 13.5 Å². The summed E-state index contributed by atoms with van der Waals surface area (Å²) in [4.78, 5) is 15.8. The van der Waals surface area contributed by atoms with Crippen molar-refractivity contribution in [3.63, 3.8) is 0 Å². The van der Waals surface area contributed by atoms with Gasteiger partial charge >= 0.3 is 0 Å². The van der Waals surface area contributed by atoms with Crippen LogP contribution in [0.25, 0.3) is 22.2 Å². The number of halogens is 1. The van der Waals surface area contributed by atoms with Crippen molar-refractivity contribution in [3.8, 4) is 17.0 Å². The number of nitrogens with one attached hydrogen (secondary N) is 3. The highest BCUT2D eigenvalue weighted by atomic mass is 35.5. The SMILES string of the molecule is Cc1[nH]c2ccccc2c1C=NNC(=O)c1cc(-c2ccc(OCc3ccc(Cl)cc3)cc2)n[nH]1. The molecule has 2 heterocycles. The van der Waals surface area contributed by atoms with Crippen molar-refractivity contribution < 1.29 is 9.53 Å². The summed E-state index contributed by atoms with van der Waals surface area (Å²) >= 11 is 5.91. The van der Waals surface area contributed by atoms with Crippen molar-refractivity contribution >= 4 is 34.6 Å². The van der Waals surface area contributed by atoms with Crippen molar-refractivity contribution in [1.82, 2.24) is 20.6 Å². The Morgan fingerprint density at radius 3 is 2.66 bits per heavy atom. The number of fused-ring (bicyclic) bond motifs is 1. The van der Waals surface area contributed by atoms with Gasteiger partial charge in [0.05, 0.1) is 11.9 Å². The topological polar surface area (TPSA) is 95.2 Å². The zero-order valence-corrected chi connectivity index (χ0v) is 19.6. The predicted octanol–water partition coefficient (Wildman–Crippen LogP) is 5.86. The molecule has 0 aliphatic carbocycles. The van der Waals surface area contributed by atoms with Crippen LogP contribution in [0.2, 0.25) is 5.02 Å². The first-order chi connectivity index (χ1) is 17.1. The lowest BCUT2D eigenvalue weighted by molar-refractivity contribution is 0.0950. The number of hydrazone groups is 1. The van der Waals surface area contributed by atoms with Gasteiger partial charge in [0.2, 0.25) is 0 Å². The predicted molar refractivity (Wildman–Crippen MR) is 138 cm³/mol. The van der Waals surface area contributed by atoms with E-state index in [0.29, 0.717) is 23.0 Å². The van der Waals surface area contributed by atoms with Crippen LogP contribution in [0.4, 0.5) is 0 Å². The standard InChI is InChI=1S/C27H22ClN5O2/c1-17-23(22-4-2-3-5-24(22)30-17)15-29-33-27(34)26-14-25(31-32-26)19-8-12-21(13-9-19)35-16-18-6-10-20(28)11-7-18/h2-15,30H,16H2,1H3,(H,31,32)(H,33,34). The van der Waals surface area contributed by atoms with E-state index >= 15 is 0 Å². The first kappa shape index (κ1) is 22.4. The molecule has 8 heteroatoms. The van der Waals surface area contributed by atoms with E-state index in [0.717, 1.165) is 39.0 Å². The number of amides is 1. The number of nitrogens with zero attached hydrogens (tertiary/aromatic N) is 2. The number of hydrogen-bond donors (Lipinski definition) is 3. The molecule has 0 fully saturated rings. The molecule has 5 rings (SSSR count). The molecule has 0 aliphatic rings. The monoisotopic (exact) mass is 483 g/mol. The molecular weight excluding hydrogens is 462 g/mol. The van der Waals surface area contributed by atoms with Gasteiger partial charge in [-0.25, -0.2) is 5.43 Å². The number of aromatic amines is 2. The van der Waals surface area contributed by atoms with Gasteiger partial charge < -0.3 is 9.72 Å². The molecule has 7 nitrogen and oxygen atoms in total. The molecule has 2 aromatic heterocycles. The lowest BCUT2D eigenvalue weighted by atomic mass is 10.1. The van der Waals surface area contributed by atoms with Crippen LogP contribution in [-0.4, -0.2) is 27.3 Å². The van der Waals surface area contributed by atoms with Gasteiger partial charge in [0.15, 0.2) is 0 Å². The molecule has 0 radical (unpaired) electrons. The second-order valence-electron chi connectivity index (χ2n) is 8.01. The molecule has 1 amide bonds. The van der Waals surface area contributed by atoms with E-state index in [1.807, 2.05) is 79.7 Å². The molecule has 0 saturated carbocycles. The molecule has 5 aromatic rings. The van der Waals surface area contributed by atoms with E-state index < -0.39 is 0 Å². The van der Waals surface area contributed by atoms with Gasteiger partial charge in [-0.3, -0.25) is 9.89 Å². The van der Waals surface area contributed by atoms with E-state index in [1.54, 1.807) is 12.3 Å². The maximum absolute atomic E-state index is 12.5. The van der Waals surface area contributed by atoms with Crippen LogP contribution < -0.4 is 10.2 Å². The largest absolute Gasteiger partial charge is 0.489 e. The Morgan fingerprint density at radius 2 is 1.86 bits per heavy atom. The third kappa shape index (κ3) is 5.10. The number of carbonyl (C=O) groups is 1. The molecular formula is C27H22ClN5O2. The molecule has 174 valence electrons. The molecule has 0 unspecified atom stereocenters. The van der Waals surface area contributed by atoms with Crippen LogP contribution in [-0.2, 0) is 6.61 Å². The lowest BCUT2D eigenvalue weighted by Gasteiger charge is -2.07. The smallest absolute Gasteiger partial charge is 0.289 e. The van der Waals surface area contributed by atoms with Crippen molar-refractivity contribution in [2.24, 2.45) is 5.10 Å². The minimum atomic E-state index is -0.375. The highest BCUT2D eigenvalue weighted by Crippen LogP contribution is 2.23. The molecule has 3 N–H and O–H groups in total. The number of ether oxygens (including phenoxy) is 1. The summed E-state index contributed by atoms with van der Waals surface area (Å²) in [5.41, 5.74) is 8.35. The van der Waals surface area contributed by atoms with Gasteiger partial charge in [0, 0.05) is 32.7 Å². The Morgan fingerprint density at radius 1 is 1.09 bits per heavy atom. The third-order valence-corrected chi connectivity index (χ3v) is 5.85. The molecule has 0 saturated heterocycles. The molecule has 0 bridgehead atoms. The maximum atomic E-state index is 12.5. The van der Waals surface area contributed by atoms with Crippen LogP contribution in [0.5, 0.6) is 5.75 Å². The zero-order valence-electron chi connectivity index (χ0n) is 18.9. The number of rotatable bonds is 7. The number of para-hydroxylation sites is 1. The number of aryl methyl sites for hydroxylation is 1. The average molecular weight is 484 g/mol. The number of H-pyrrole nitrogens is 2. The first-order valence-electron chi connectivity index (χ1n) is 11.0. The first-order valence-corrected chi connectivity index (χ1v) is 11.4. The van der Waals surface area contributed by atoms with Crippen LogP contribution >= 0.6 is 11.6 Å². The fraction of sp³-hybridized carbons (Fsp3) is 0.0741. The minimum Gasteiger partial charge on any atom is -0.489 e. The fourth-order valence-corrected chi connectivity index (χ4v) is 3.86. The van der Waals surface area contributed by atoms with Gasteiger partial charge in [0.25, 0.3) is 5.91 Å². The molecule has 3 aromatic carbocycles.